The van der Waals surface area contributed by atoms with E-state index in [1.165, 1.54) is 0 Å². The molecule has 19 heavy (non-hydrogen) atoms. The first kappa shape index (κ1) is 12.9. The topological polar surface area (TPSA) is 55.9 Å². The Kier molecular flexibility index (Phi) is 3.70. The van der Waals surface area contributed by atoms with E-state index >= 15 is 0 Å². The van der Waals surface area contributed by atoms with Gasteiger partial charge in [-0.25, -0.2) is 0 Å². The molecule has 6 nitrogen and oxygen atoms in total. The van der Waals surface area contributed by atoms with E-state index in [0.717, 1.165) is 52.2 Å². The molecule has 2 amide bonds. The summed E-state index contributed by atoms with van der Waals surface area (Å²) < 4.78 is 0. The van der Waals surface area contributed by atoms with Gasteiger partial charge in [-0.3, -0.25) is 14.5 Å². The summed E-state index contributed by atoms with van der Waals surface area (Å²) in [6, 6.07) is 0.345. The standard InChI is InChI=1S/C13H22N4O2/c18-12-2-1-11-9-15(7-8-17(11)12)10-13(19)16-5-3-14-4-6-16/h11,14H,1-10H2. The first-order chi connectivity index (χ1) is 9.24. The number of hydrogen-bond acceptors (Lipinski definition) is 4. The Labute approximate surface area is 113 Å². The van der Waals surface area contributed by atoms with Crippen LogP contribution < -0.4 is 5.32 Å². The van der Waals surface area contributed by atoms with Crippen molar-refractivity contribution in [3.8, 4) is 0 Å². The second kappa shape index (κ2) is 5.46. The van der Waals surface area contributed by atoms with E-state index in [2.05, 4.69) is 10.2 Å². The summed E-state index contributed by atoms with van der Waals surface area (Å²) in [4.78, 5) is 30.0. The van der Waals surface area contributed by atoms with E-state index in [1.54, 1.807) is 0 Å². The minimum atomic E-state index is 0.235. The third-order valence-electron chi connectivity index (χ3n) is 4.41. The summed E-state index contributed by atoms with van der Waals surface area (Å²) in [6.45, 7) is 6.44. The van der Waals surface area contributed by atoms with Gasteiger partial charge in [-0.1, -0.05) is 0 Å². The highest BCUT2D eigenvalue weighted by atomic mass is 16.2. The Bertz CT molecular complexity index is 368. The number of nitrogens with one attached hydrogen (secondary N) is 1. The van der Waals surface area contributed by atoms with Gasteiger partial charge < -0.3 is 15.1 Å². The Balaban J connectivity index is 1.50. The van der Waals surface area contributed by atoms with E-state index in [1.807, 2.05) is 9.80 Å². The Hall–Kier alpha value is -1.14. The summed E-state index contributed by atoms with van der Waals surface area (Å²) >= 11 is 0. The molecule has 6 heteroatoms. The molecule has 3 rings (SSSR count). The highest BCUT2D eigenvalue weighted by Crippen LogP contribution is 2.22. The van der Waals surface area contributed by atoms with Crippen molar-refractivity contribution in [3.63, 3.8) is 0 Å². The van der Waals surface area contributed by atoms with Gasteiger partial charge in [0.25, 0.3) is 0 Å². The van der Waals surface area contributed by atoms with Crippen LogP contribution in [0.2, 0.25) is 0 Å². The lowest BCUT2D eigenvalue weighted by Crippen LogP contribution is -2.55. The van der Waals surface area contributed by atoms with Crippen molar-refractivity contribution in [3.05, 3.63) is 0 Å². The molecule has 0 spiro atoms. The summed E-state index contributed by atoms with van der Waals surface area (Å²) in [6.07, 6.45) is 1.64. The lowest BCUT2D eigenvalue weighted by Gasteiger charge is -2.38. The van der Waals surface area contributed by atoms with Gasteiger partial charge in [0.1, 0.15) is 0 Å². The van der Waals surface area contributed by atoms with Crippen LogP contribution in [0.5, 0.6) is 0 Å². The van der Waals surface area contributed by atoms with Crippen LogP contribution in [-0.4, -0.2) is 84.9 Å². The van der Waals surface area contributed by atoms with E-state index in [-0.39, 0.29) is 11.8 Å². The Morgan fingerprint density at radius 2 is 2.00 bits per heavy atom. The van der Waals surface area contributed by atoms with E-state index in [4.69, 9.17) is 0 Å². The molecule has 1 unspecified atom stereocenters. The minimum Gasteiger partial charge on any atom is -0.339 e. The van der Waals surface area contributed by atoms with Crippen molar-refractivity contribution in [2.45, 2.75) is 18.9 Å². The molecule has 0 radical (unpaired) electrons. The number of hydrogen-bond donors (Lipinski definition) is 1. The van der Waals surface area contributed by atoms with E-state index in [9.17, 15) is 9.59 Å². The maximum Gasteiger partial charge on any atom is 0.236 e. The zero-order chi connectivity index (χ0) is 13.2. The van der Waals surface area contributed by atoms with Crippen molar-refractivity contribution in [2.75, 3.05) is 52.4 Å². The third kappa shape index (κ3) is 2.74. The third-order valence-corrected chi connectivity index (χ3v) is 4.41. The van der Waals surface area contributed by atoms with Crippen LogP contribution in [0.15, 0.2) is 0 Å². The van der Waals surface area contributed by atoms with Gasteiger partial charge in [0.2, 0.25) is 11.8 Å². The molecule has 3 aliphatic rings. The number of nitrogens with zero attached hydrogens (tertiary/aromatic N) is 3. The first-order valence-corrected chi connectivity index (χ1v) is 7.24. The minimum absolute atomic E-state index is 0.235. The zero-order valence-corrected chi connectivity index (χ0v) is 11.3. The van der Waals surface area contributed by atoms with Gasteiger partial charge in [-0.15, -0.1) is 0 Å². The summed E-state index contributed by atoms with van der Waals surface area (Å²) in [5, 5.41) is 3.26. The maximum atomic E-state index is 12.2. The lowest BCUT2D eigenvalue weighted by atomic mass is 10.1. The molecule has 0 aromatic heterocycles. The lowest BCUT2D eigenvalue weighted by molar-refractivity contribution is -0.134. The molecular weight excluding hydrogens is 244 g/mol. The van der Waals surface area contributed by atoms with Gasteiger partial charge in [-0.05, 0) is 6.42 Å². The highest BCUT2D eigenvalue weighted by molar-refractivity contribution is 5.80. The monoisotopic (exact) mass is 266 g/mol. The highest BCUT2D eigenvalue weighted by Gasteiger charge is 2.36. The molecule has 0 aromatic rings. The van der Waals surface area contributed by atoms with E-state index < -0.39 is 0 Å². The van der Waals surface area contributed by atoms with E-state index in [0.29, 0.717) is 19.0 Å². The summed E-state index contributed by atoms with van der Waals surface area (Å²) in [5.41, 5.74) is 0. The average Bonchev–Trinajstić information content (AvgIpc) is 2.81. The van der Waals surface area contributed by atoms with Crippen molar-refractivity contribution in [1.82, 2.24) is 20.0 Å². The number of carbonyl (C=O) groups excluding carboxylic acids is 2. The summed E-state index contributed by atoms with van der Waals surface area (Å²) in [7, 11) is 0. The zero-order valence-electron chi connectivity index (χ0n) is 11.3. The van der Waals surface area contributed by atoms with Crippen molar-refractivity contribution in [1.29, 1.82) is 0 Å². The van der Waals surface area contributed by atoms with Crippen LogP contribution in [0.3, 0.4) is 0 Å². The molecule has 0 saturated carbocycles. The Morgan fingerprint density at radius 3 is 2.79 bits per heavy atom. The molecule has 0 bridgehead atoms. The SMILES string of the molecule is O=C(CN1CCN2C(=O)CCC2C1)N1CCNCC1. The normalized spacial score (nSPS) is 28.6. The van der Waals surface area contributed by atoms with Crippen LogP contribution in [0.1, 0.15) is 12.8 Å². The Morgan fingerprint density at radius 1 is 1.21 bits per heavy atom. The van der Waals surface area contributed by atoms with Crippen LogP contribution in [0.25, 0.3) is 0 Å². The van der Waals surface area contributed by atoms with Crippen LogP contribution in [0.4, 0.5) is 0 Å². The van der Waals surface area contributed by atoms with Crippen molar-refractivity contribution < 1.29 is 9.59 Å². The van der Waals surface area contributed by atoms with Gasteiger partial charge >= 0.3 is 0 Å². The van der Waals surface area contributed by atoms with Crippen LogP contribution >= 0.6 is 0 Å². The fourth-order valence-corrected chi connectivity index (χ4v) is 3.28. The predicted octanol–water partition coefficient (Wildman–Crippen LogP) is -1.28. The van der Waals surface area contributed by atoms with Gasteiger partial charge in [-0.2, -0.15) is 0 Å². The van der Waals surface area contributed by atoms with Gasteiger partial charge in [0.05, 0.1) is 6.54 Å². The molecule has 1 atom stereocenters. The van der Waals surface area contributed by atoms with Crippen molar-refractivity contribution in [2.24, 2.45) is 0 Å². The molecule has 0 aromatic carbocycles. The smallest absolute Gasteiger partial charge is 0.236 e. The average molecular weight is 266 g/mol. The largest absolute Gasteiger partial charge is 0.339 e. The second-order valence-corrected chi connectivity index (χ2v) is 5.65. The molecule has 3 aliphatic heterocycles. The molecule has 3 heterocycles. The molecule has 1 N–H and O–H groups in total. The number of fused-ring (bicyclic) bond motifs is 1. The first-order valence-electron chi connectivity index (χ1n) is 7.24. The molecule has 3 fully saturated rings. The molecular formula is C13H22N4O2. The second-order valence-electron chi connectivity index (χ2n) is 5.65. The molecule has 0 aliphatic carbocycles. The number of amides is 2. The quantitative estimate of drug-likeness (QED) is 0.677. The van der Waals surface area contributed by atoms with Crippen LogP contribution in [-0.2, 0) is 9.59 Å². The summed E-state index contributed by atoms with van der Waals surface area (Å²) in [5.74, 6) is 0.525. The fraction of sp³-hybridized carbons (Fsp3) is 0.846. The number of rotatable bonds is 2. The molecule has 3 saturated heterocycles. The fourth-order valence-electron chi connectivity index (χ4n) is 3.28. The van der Waals surface area contributed by atoms with Crippen LogP contribution in [0, 0.1) is 0 Å². The predicted molar refractivity (Wildman–Crippen MR) is 70.6 cm³/mol. The van der Waals surface area contributed by atoms with Crippen molar-refractivity contribution >= 4 is 11.8 Å². The van der Waals surface area contributed by atoms with Gasteiger partial charge in [0, 0.05) is 58.3 Å². The number of carbonyl (C=O) groups is 2. The number of piperazine rings is 2. The maximum absolute atomic E-state index is 12.2. The van der Waals surface area contributed by atoms with Gasteiger partial charge in [0.15, 0.2) is 0 Å². The molecule has 106 valence electrons.